The van der Waals surface area contributed by atoms with Gasteiger partial charge < -0.3 is 41.9 Å². The number of anilines is 1. The molecule has 0 bridgehead atoms. The highest BCUT2D eigenvalue weighted by atomic mass is 32.2. The molecule has 9 N–H and O–H groups in total. The number of nitrogens with two attached hydrogens (primary N) is 1. The number of oxime groups is 1. The molecule has 1 aliphatic carbocycles. The molecule has 23 heteroatoms. The van der Waals surface area contributed by atoms with Crippen LogP contribution in [0.4, 0.5) is 5.13 Å². The highest BCUT2D eigenvalue weighted by Gasteiger charge is 2.54. The van der Waals surface area contributed by atoms with E-state index in [1.165, 1.54) is 5.38 Å². The van der Waals surface area contributed by atoms with E-state index in [9.17, 15) is 57.2 Å². The second-order valence-corrected chi connectivity index (χ2v) is 11.8. The molecular formula is C22H24N8O13S2. The minimum absolute atomic E-state index is 0.00841. The van der Waals surface area contributed by atoms with Crippen LogP contribution in [0.15, 0.2) is 27.6 Å². The number of rotatable bonds is 11. The number of nitrogen functional groups attached to an aromatic ring is 1. The number of carbonyl (C=O) groups is 5. The Bertz CT molecular complexity index is 1770. The number of amides is 4. The Morgan fingerprint density at radius 2 is 1.84 bits per heavy atom. The number of carbonyl (C=O) groups excluding carboxylic acids is 4. The first-order chi connectivity index (χ1) is 21.0. The number of aliphatic carboxylic acids is 1. The van der Waals surface area contributed by atoms with Gasteiger partial charge in [0.05, 0.1) is 24.5 Å². The molecule has 45 heavy (non-hydrogen) atoms. The van der Waals surface area contributed by atoms with Crippen LogP contribution in [0.2, 0.25) is 0 Å². The zero-order valence-electron chi connectivity index (χ0n) is 22.6. The van der Waals surface area contributed by atoms with Crippen molar-refractivity contribution < 1.29 is 57.2 Å². The van der Waals surface area contributed by atoms with Crippen molar-refractivity contribution in [3.05, 3.63) is 39.3 Å². The Morgan fingerprint density at radius 3 is 2.40 bits per heavy atom. The normalized spacial score (nSPS) is 19.1. The molecule has 2 aromatic heterocycles. The minimum Gasteiger partial charge on any atom is -0.503 e. The van der Waals surface area contributed by atoms with E-state index < -0.39 is 87.6 Å². The van der Waals surface area contributed by atoms with Crippen LogP contribution in [0.5, 0.6) is 5.75 Å². The lowest BCUT2D eigenvalue weighted by atomic mass is 9.80. The van der Waals surface area contributed by atoms with Crippen LogP contribution in [0.1, 0.15) is 30.7 Å². The summed E-state index contributed by atoms with van der Waals surface area (Å²) in [5.74, 6) is -7.35. The number of carboxylic acids is 1. The van der Waals surface area contributed by atoms with Gasteiger partial charge in [0.15, 0.2) is 16.6 Å². The summed E-state index contributed by atoms with van der Waals surface area (Å²) in [5.41, 5.74) is 2.02. The molecule has 4 rings (SSSR count). The number of hydrogen-bond acceptors (Lipinski definition) is 15. The number of hydrogen-bond donors (Lipinski definition) is 8. The third-order valence-electron chi connectivity index (χ3n) is 6.74. The number of pyridine rings is 1. The second-order valence-electron chi connectivity index (χ2n) is 9.64. The molecule has 0 spiro atoms. The number of aromatic hydroxyl groups is 1. The first kappa shape index (κ1) is 32.6. The fourth-order valence-corrected chi connectivity index (χ4v) is 5.59. The van der Waals surface area contributed by atoms with Gasteiger partial charge in [-0.25, -0.2) is 14.1 Å². The lowest BCUT2D eigenvalue weighted by molar-refractivity contribution is -0.178. The van der Waals surface area contributed by atoms with Crippen molar-refractivity contribution in [2.24, 2.45) is 5.16 Å². The molecule has 2 atom stereocenters. The van der Waals surface area contributed by atoms with Crippen LogP contribution < -0.4 is 27.1 Å². The molecule has 4 amide bonds. The fourth-order valence-electron chi connectivity index (χ4n) is 4.16. The molecule has 2 aliphatic rings. The summed E-state index contributed by atoms with van der Waals surface area (Å²) in [6, 6.07) is -2.60. The molecule has 0 unspecified atom stereocenters. The van der Waals surface area contributed by atoms with Crippen molar-refractivity contribution in [1.29, 1.82) is 0 Å². The van der Waals surface area contributed by atoms with E-state index in [0.717, 1.165) is 17.4 Å². The van der Waals surface area contributed by atoms with Crippen LogP contribution in [0.25, 0.3) is 0 Å². The predicted molar refractivity (Wildman–Crippen MR) is 147 cm³/mol. The van der Waals surface area contributed by atoms with Gasteiger partial charge in [-0.1, -0.05) is 5.16 Å². The van der Waals surface area contributed by atoms with E-state index in [1.807, 2.05) is 5.32 Å². The second kappa shape index (κ2) is 12.4. The number of nitrogens with zero attached hydrogens (tertiary/aromatic N) is 4. The van der Waals surface area contributed by atoms with E-state index in [-0.39, 0.29) is 33.7 Å². The van der Waals surface area contributed by atoms with Gasteiger partial charge in [0, 0.05) is 30.8 Å². The van der Waals surface area contributed by atoms with Crippen molar-refractivity contribution in [2.75, 3.05) is 12.3 Å². The molecule has 242 valence electrons. The van der Waals surface area contributed by atoms with E-state index in [0.29, 0.717) is 17.3 Å². The maximum Gasteiger partial charge on any atom is 0.362 e. The van der Waals surface area contributed by atoms with Crippen LogP contribution in [0, 0.1) is 0 Å². The smallest absolute Gasteiger partial charge is 0.362 e. The average molecular weight is 673 g/mol. The Labute approximate surface area is 255 Å². The van der Waals surface area contributed by atoms with Gasteiger partial charge in [-0.05, 0) is 6.42 Å². The van der Waals surface area contributed by atoms with Gasteiger partial charge in [-0.2, -0.15) is 13.1 Å². The minimum atomic E-state index is -5.21. The van der Waals surface area contributed by atoms with E-state index >= 15 is 0 Å². The first-order valence-electron chi connectivity index (χ1n) is 12.6. The van der Waals surface area contributed by atoms with Crippen molar-refractivity contribution in [1.82, 2.24) is 30.0 Å². The van der Waals surface area contributed by atoms with Crippen LogP contribution >= 0.6 is 11.3 Å². The van der Waals surface area contributed by atoms with E-state index in [4.69, 9.17) is 10.6 Å². The molecule has 1 aliphatic heterocycles. The summed E-state index contributed by atoms with van der Waals surface area (Å²) in [6.07, 6.45) is 1.35. The zero-order chi connectivity index (χ0) is 33.3. The standard InChI is InChI=1S/C22H24N8O13S2/c23-21-26-10(8-44-21)14(28-43-22(20(37)38)2-1-3-22)16(33)27-15-11(30(19(15)36)45(40,41)42)6-25-18(35)17(34)24-5-9-4-12(31)13(32)7-29(9)39/h4,7-8,11,15,32,39H,1-3,5-6H2,(H2,23,26)(H,24,34)(H,25,35)(H,27,33)(H,37,38)(H,40,41,42)/b28-14-/t11-,15+/m1/s1. The number of nitrogens with one attached hydrogen (secondary N) is 3. The topological polar surface area (TPSA) is 322 Å². The summed E-state index contributed by atoms with van der Waals surface area (Å²) in [5, 5.41) is 39.7. The monoisotopic (exact) mass is 672 g/mol. The van der Waals surface area contributed by atoms with Crippen LogP contribution in [-0.2, 0) is 45.7 Å². The lowest BCUT2D eigenvalue weighted by Crippen LogP contribution is -2.74. The fraction of sp³-hybridized carbons (Fsp3) is 0.364. The SMILES string of the molecule is Nc1nc(/C(=N/OC2(C(=O)O)CCC2)C(=O)N[C@@H]2C(=O)N(S(=O)(=O)O)[C@@H]2CNC(=O)C(=O)NCc2cc(=O)c(O)cn2O)cs1. The highest BCUT2D eigenvalue weighted by molar-refractivity contribution is 7.84. The summed E-state index contributed by atoms with van der Waals surface area (Å²) >= 11 is 0.891. The van der Waals surface area contributed by atoms with Gasteiger partial charge in [0.25, 0.3) is 11.8 Å². The van der Waals surface area contributed by atoms with E-state index in [1.54, 1.807) is 0 Å². The van der Waals surface area contributed by atoms with Crippen LogP contribution in [-0.4, -0.2) is 102 Å². The van der Waals surface area contributed by atoms with Gasteiger partial charge in [-0.3, -0.25) is 28.5 Å². The molecule has 1 saturated heterocycles. The molecule has 0 radical (unpaired) electrons. The van der Waals surface area contributed by atoms with Crippen molar-refractivity contribution in [2.45, 2.75) is 43.5 Å². The molecule has 0 aromatic carbocycles. The number of thiazole rings is 1. The lowest BCUT2D eigenvalue weighted by Gasteiger charge is -2.44. The molecule has 21 nitrogen and oxygen atoms in total. The third kappa shape index (κ3) is 6.78. The summed E-state index contributed by atoms with van der Waals surface area (Å²) in [7, 11) is -5.21. The predicted octanol–water partition coefficient (Wildman–Crippen LogP) is -3.51. The van der Waals surface area contributed by atoms with Crippen LogP contribution in [0.3, 0.4) is 0 Å². The molecule has 2 aromatic rings. The van der Waals surface area contributed by atoms with Crippen molar-refractivity contribution in [3.8, 4) is 5.75 Å². The van der Waals surface area contributed by atoms with Gasteiger partial charge in [0.1, 0.15) is 11.7 Å². The Balaban J connectivity index is 1.46. The quantitative estimate of drug-likeness (QED) is 0.0286. The molecule has 3 heterocycles. The number of carboxylic acid groups (broad SMARTS) is 1. The summed E-state index contributed by atoms with van der Waals surface area (Å²) in [6.45, 7) is -1.37. The van der Waals surface area contributed by atoms with Gasteiger partial charge >= 0.3 is 28.1 Å². The average Bonchev–Trinajstić information content (AvgIpc) is 3.36. The number of aromatic nitrogens is 2. The Hall–Kier alpha value is -5.29. The summed E-state index contributed by atoms with van der Waals surface area (Å²) < 4.78 is 33.4. The maximum absolute atomic E-state index is 13.2. The Morgan fingerprint density at radius 1 is 1.18 bits per heavy atom. The third-order valence-corrected chi connectivity index (χ3v) is 8.37. The summed E-state index contributed by atoms with van der Waals surface area (Å²) in [4.78, 5) is 82.7. The first-order valence-corrected chi connectivity index (χ1v) is 14.8. The highest BCUT2D eigenvalue weighted by Crippen LogP contribution is 2.36. The molecular weight excluding hydrogens is 648 g/mol. The zero-order valence-corrected chi connectivity index (χ0v) is 24.2. The molecule has 1 saturated carbocycles. The van der Waals surface area contributed by atoms with Gasteiger partial charge in [-0.15, -0.1) is 11.3 Å². The van der Waals surface area contributed by atoms with Crippen molar-refractivity contribution in [3.63, 3.8) is 0 Å². The van der Waals surface area contributed by atoms with E-state index in [2.05, 4.69) is 20.8 Å². The van der Waals surface area contributed by atoms with Gasteiger partial charge in [0.2, 0.25) is 11.0 Å². The Kier molecular flexibility index (Phi) is 8.97. The maximum atomic E-state index is 13.2. The number of β-lactam (4-membered cyclic amide) rings is 1. The van der Waals surface area contributed by atoms with Crippen molar-refractivity contribution >= 4 is 62.1 Å². The largest absolute Gasteiger partial charge is 0.503 e. The molecule has 2 fully saturated rings.